The number of carbonyl (C=O) groups excluding carboxylic acids is 1. The smallest absolute Gasteiger partial charge is 0.358 e. The van der Waals surface area contributed by atoms with Crippen molar-refractivity contribution in [1.82, 2.24) is 48.8 Å². The van der Waals surface area contributed by atoms with Crippen molar-refractivity contribution in [2.75, 3.05) is 0 Å². The number of Topliss-reactive ketones (excluding diaryl/α,β-unsaturated/α-hetero) is 1. The van der Waals surface area contributed by atoms with Gasteiger partial charge in [-0.05, 0) is 130 Å². The number of carbonyl (C=O) groups is 2. The van der Waals surface area contributed by atoms with Crippen LogP contribution in [0.15, 0.2) is 121 Å². The quantitative estimate of drug-likeness (QED) is 0.112. The highest BCUT2D eigenvalue weighted by molar-refractivity contribution is 7.17. The van der Waals surface area contributed by atoms with Crippen LogP contribution in [0.3, 0.4) is 0 Å². The number of hydrogen-bond donors (Lipinski definition) is 2. The zero-order valence-electron chi connectivity index (χ0n) is 34.6. The van der Waals surface area contributed by atoms with Gasteiger partial charge in [0.05, 0.1) is 36.9 Å². The van der Waals surface area contributed by atoms with Gasteiger partial charge in [-0.3, -0.25) is 4.79 Å². The molecule has 14 nitrogen and oxygen atoms in total. The SMILES string of the molecule is Cl.NCc1ccc2sccc2c1.O=C(CCc1ccc2sccc2c1)c1cn(Cc2cn3cc(C4CC4)ccc3n2)nn1.O=C(O)c1cn(Cc2cn3cc(C4CC4)ccc3n2)nn1. The van der Waals surface area contributed by atoms with Crippen LogP contribution in [0.25, 0.3) is 31.5 Å². The number of aryl methyl sites for hydroxylation is 1. The van der Waals surface area contributed by atoms with E-state index < -0.39 is 5.97 Å². The monoisotopic (exact) mass is 909 g/mol. The summed E-state index contributed by atoms with van der Waals surface area (Å²) in [4.78, 5) is 32.6. The Morgan fingerprint density at radius 1 is 0.641 bits per heavy atom. The second-order valence-corrected chi connectivity index (χ2v) is 18.0. The first-order chi connectivity index (χ1) is 30.8. The average molecular weight is 911 g/mol. The molecule has 8 aromatic heterocycles. The summed E-state index contributed by atoms with van der Waals surface area (Å²) in [5.74, 6) is 0.353. The molecule has 12 rings (SSSR count). The summed E-state index contributed by atoms with van der Waals surface area (Å²) in [6.07, 6.45) is 17.6. The van der Waals surface area contributed by atoms with Crippen LogP contribution in [-0.4, -0.2) is 65.6 Å². The highest BCUT2D eigenvalue weighted by atomic mass is 35.5. The number of nitrogens with zero attached hydrogens (tertiary/aromatic N) is 10. The Kier molecular flexibility index (Phi) is 12.4. The van der Waals surface area contributed by atoms with Crippen molar-refractivity contribution in [1.29, 1.82) is 0 Å². The summed E-state index contributed by atoms with van der Waals surface area (Å²) < 4.78 is 9.87. The van der Waals surface area contributed by atoms with Gasteiger partial charge in [-0.25, -0.2) is 24.1 Å². The van der Waals surface area contributed by atoms with E-state index >= 15 is 0 Å². The number of benzene rings is 2. The second-order valence-electron chi connectivity index (χ2n) is 16.1. The normalized spacial score (nSPS) is 13.4. The molecule has 0 unspecified atom stereocenters. The van der Waals surface area contributed by atoms with E-state index in [1.807, 2.05) is 22.9 Å². The summed E-state index contributed by atoms with van der Waals surface area (Å²) in [6, 6.07) is 25.4. The second kappa shape index (κ2) is 18.6. The van der Waals surface area contributed by atoms with Crippen molar-refractivity contribution in [2.24, 2.45) is 5.73 Å². The standard InChI is InChI=1S/C24H21N5OS.C14H13N5O2.C9H9NS.ClH/c30-22(6-1-16-2-7-23-18(11-16)9-10-31-23)21-15-29(27-26-21)14-20-13-28-12-19(17-3-4-17)5-8-24(28)25-20;20-14(21)12-8-19(17-16-12)7-11-6-18-5-10(9-1-2-9)3-4-13(18)15-11;10-6-7-1-2-9-8(5-7)3-4-11-9;/h2,5,7-13,15,17H,1,3-4,6,14H2;3-6,8-9H,1-2,7H2,(H,20,21);1-5H,6,10H2;1H. The van der Waals surface area contributed by atoms with Crippen LogP contribution in [0.2, 0.25) is 0 Å². The Hall–Kier alpha value is -6.59. The number of halogens is 1. The third-order valence-electron chi connectivity index (χ3n) is 11.3. The molecule has 2 aliphatic carbocycles. The number of imidazole rings is 2. The Morgan fingerprint density at radius 2 is 1.16 bits per heavy atom. The number of fused-ring (bicyclic) bond motifs is 4. The number of thiophene rings is 2. The summed E-state index contributed by atoms with van der Waals surface area (Å²) in [5.41, 5.74) is 14.5. The Labute approximate surface area is 381 Å². The third-order valence-corrected chi connectivity index (χ3v) is 13.1. The first-order valence-electron chi connectivity index (χ1n) is 20.9. The average Bonchev–Trinajstić information content (AvgIpc) is 3.82. The van der Waals surface area contributed by atoms with Crippen LogP contribution in [0, 0.1) is 0 Å². The lowest BCUT2D eigenvalue weighted by Gasteiger charge is -2.00. The molecular formula is C47H44ClN11O3S2. The number of hydrogen-bond acceptors (Lipinski definition) is 11. The molecule has 2 aliphatic rings. The fraction of sp³-hybridized carbons (Fsp3) is 0.234. The van der Waals surface area contributed by atoms with Crippen LogP contribution in [0.5, 0.6) is 0 Å². The predicted molar refractivity (Wildman–Crippen MR) is 251 cm³/mol. The molecule has 0 aliphatic heterocycles. The number of aromatic carboxylic acids is 1. The Balaban J connectivity index is 0.000000135. The zero-order chi connectivity index (χ0) is 42.9. The maximum absolute atomic E-state index is 12.6. The Bertz CT molecular complexity index is 3240. The Morgan fingerprint density at radius 3 is 1.67 bits per heavy atom. The molecule has 2 saturated carbocycles. The molecule has 0 spiro atoms. The predicted octanol–water partition coefficient (Wildman–Crippen LogP) is 9.21. The zero-order valence-corrected chi connectivity index (χ0v) is 37.1. The van der Waals surface area contributed by atoms with Crippen molar-refractivity contribution < 1.29 is 14.7 Å². The lowest BCUT2D eigenvalue weighted by Crippen LogP contribution is -2.02. The maximum atomic E-state index is 12.6. The van der Waals surface area contributed by atoms with Crippen molar-refractivity contribution in [2.45, 2.75) is 70.0 Å². The van der Waals surface area contributed by atoms with Gasteiger partial charge in [0.15, 0.2) is 11.5 Å². The van der Waals surface area contributed by atoms with Gasteiger partial charge in [0.25, 0.3) is 0 Å². The molecule has 0 bridgehead atoms. The number of nitrogens with two attached hydrogens (primary N) is 1. The number of carboxylic acids is 1. The summed E-state index contributed by atoms with van der Waals surface area (Å²) in [6.45, 7) is 1.53. The largest absolute Gasteiger partial charge is 0.476 e. The van der Waals surface area contributed by atoms with E-state index in [0.29, 0.717) is 50.0 Å². The first kappa shape index (κ1) is 42.7. The van der Waals surface area contributed by atoms with Gasteiger partial charge in [-0.2, -0.15) is 0 Å². The molecule has 2 aromatic carbocycles. The van der Waals surface area contributed by atoms with E-state index in [4.69, 9.17) is 10.8 Å². The van der Waals surface area contributed by atoms with Gasteiger partial charge in [0.2, 0.25) is 0 Å². The highest BCUT2D eigenvalue weighted by Gasteiger charge is 2.25. The maximum Gasteiger partial charge on any atom is 0.358 e. The summed E-state index contributed by atoms with van der Waals surface area (Å²) in [5, 5.41) is 31.2. The summed E-state index contributed by atoms with van der Waals surface area (Å²) >= 11 is 3.50. The molecule has 2 fully saturated rings. The highest BCUT2D eigenvalue weighted by Crippen LogP contribution is 2.40. The fourth-order valence-electron chi connectivity index (χ4n) is 7.60. The van der Waals surface area contributed by atoms with E-state index in [9.17, 15) is 9.59 Å². The fourth-order valence-corrected chi connectivity index (χ4v) is 9.14. The molecule has 64 heavy (non-hydrogen) atoms. The van der Waals surface area contributed by atoms with Crippen LogP contribution >= 0.6 is 35.1 Å². The lowest BCUT2D eigenvalue weighted by atomic mass is 10.1. The molecule has 324 valence electrons. The van der Waals surface area contributed by atoms with Gasteiger partial charge in [-0.1, -0.05) is 40.8 Å². The van der Waals surface area contributed by atoms with Crippen LogP contribution in [-0.2, 0) is 26.1 Å². The first-order valence-corrected chi connectivity index (χ1v) is 22.7. The van der Waals surface area contributed by atoms with E-state index in [0.717, 1.165) is 22.7 Å². The van der Waals surface area contributed by atoms with Gasteiger partial charge in [-0.15, -0.1) is 45.3 Å². The van der Waals surface area contributed by atoms with Gasteiger partial charge in [0.1, 0.15) is 17.0 Å². The van der Waals surface area contributed by atoms with Crippen molar-refractivity contribution in [3.8, 4) is 0 Å². The van der Waals surface area contributed by atoms with Gasteiger partial charge in [0, 0.05) is 47.2 Å². The number of rotatable bonds is 12. The minimum Gasteiger partial charge on any atom is -0.476 e. The minimum absolute atomic E-state index is 0. The molecular weight excluding hydrogens is 866 g/mol. The topological polar surface area (TPSA) is 176 Å². The van der Waals surface area contributed by atoms with Crippen molar-refractivity contribution in [3.63, 3.8) is 0 Å². The van der Waals surface area contributed by atoms with Crippen LogP contribution in [0.4, 0.5) is 0 Å². The van der Waals surface area contributed by atoms with E-state index in [2.05, 4.69) is 125 Å². The van der Waals surface area contributed by atoms with Crippen LogP contribution in [0.1, 0.15) is 98.6 Å². The van der Waals surface area contributed by atoms with E-state index in [1.165, 1.54) is 79.0 Å². The van der Waals surface area contributed by atoms with Gasteiger partial charge >= 0.3 is 5.97 Å². The molecule has 10 aromatic rings. The molecule has 0 amide bonds. The van der Waals surface area contributed by atoms with Crippen LogP contribution < -0.4 is 5.73 Å². The van der Waals surface area contributed by atoms with E-state index in [-0.39, 0.29) is 23.9 Å². The minimum atomic E-state index is -1.08. The molecule has 0 radical (unpaired) electrons. The summed E-state index contributed by atoms with van der Waals surface area (Å²) in [7, 11) is 0. The third kappa shape index (κ3) is 9.95. The molecule has 0 atom stereocenters. The number of ketones is 1. The number of carboxylic acid groups (broad SMARTS) is 1. The van der Waals surface area contributed by atoms with Crippen molar-refractivity contribution >= 4 is 78.3 Å². The molecule has 3 N–H and O–H groups in total. The van der Waals surface area contributed by atoms with E-state index in [1.54, 1.807) is 33.6 Å². The van der Waals surface area contributed by atoms with Crippen molar-refractivity contribution in [3.05, 3.63) is 166 Å². The molecule has 8 heterocycles. The number of pyridine rings is 2. The molecule has 0 saturated heterocycles. The number of aromatic nitrogens is 10. The molecule has 17 heteroatoms. The van der Waals surface area contributed by atoms with Gasteiger partial charge < -0.3 is 19.6 Å². The lowest BCUT2D eigenvalue weighted by molar-refractivity contribution is 0.0690.